The number of nitrogens with zero attached hydrogens (tertiary/aromatic N) is 2. The summed E-state index contributed by atoms with van der Waals surface area (Å²) in [6.45, 7) is 2.70. The zero-order valence-corrected chi connectivity index (χ0v) is 12.6. The molecule has 2 aromatic rings. The van der Waals surface area contributed by atoms with Gasteiger partial charge in [0.1, 0.15) is 5.82 Å². The molecule has 2 rings (SSSR count). The molecular formula is C17H22FN3. The Morgan fingerprint density at radius 2 is 2.10 bits per heavy atom. The lowest BCUT2D eigenvalue weighted by atomic mass is 10.0. The van der Waals surface area contributed by atoms with Crippen molar-refractivity contribution in [3.8, 4) is 0 Å². The van der Waals surface area contributed by atoms with Gasteiger partial charge in [-0.2, -0.15) is 0 Å². The van der Waals surface area contributed by atoms with Crippen molar-refractivity contribution in [3.63, 3.8) is 0 Å². The van der Waals surface area contributed by atoms with E-state index in [1.54, 1.807) is 12.3 Å². The minimum absolute atomic E-state index is 0.0209. The summed E-state index contributed by atoms with van der Waals surface area (Å²) in [6, 6.07) is 9.08. The van der Waals surface area contributed by atoms with Gasteiger partial charge in [-0.3, -0.25) is 4.98 Å². The summed E-state index contributed by atoms with van der Waals surface area (Å²) in [4.78, 5) is 6.15. The Labute approximate surface area is 125 Å². The number of anilines is 1. The Hall–Kier alpha value is -1.94. The first-order valence-electron chi connectivity index (χ1n) is 7.24. The first-order valence-corrected chi connectivity index (χ1v) is 7.24. The summed E-state index contributed by atoms with van der Waals surface area (Å²) >= 11 is 0. The molecule has 0 aliphatic heterocycles. The van der Waals surface area contributed by atoms with Gasteiger partial charge in [0.2, 0.25) is 0 Å². The highest BCUT2D eigenvalue weighted by Crippen LogP contribution is 2.25. The van der Waals surface area contributed by atoms with Crippen molar-refractivity contribution in [2.45, 2.75) is 32.4 Å². The molecule has 0 amide bonds. The zero-order valence-electron chi connectivity index (χ0n) is 12.6. The minimum atomic E-state index is -0.186. The second-order valence-electron chi connectivity index (χ2n) is 5.33. The van der Waals surface area contributed by atoms with Gasteiger partial charge in [-0.15, -0.1) is 0 Å². The van der Waals surface area contributed by atoms with Crippen LogP contribution >= 0.6 is 0 Å². The third-order valence-corrected chi connectivity index (χ3v) is 3.64. The number of aromatic nitrogens is 1. The molecule has 4 heteroatoms. The zero-order chi connectivity index (χ0) is 15.2. The van der Waals surface area contributed by atoms with E-state index in [-0.39, 0.29) is 11.9 Å². The number of hydrogen-bond acceptors (Lipinski definition) is 3. The van der Waals surface area contributed by atoms with Gasteiger partial charge in [-0.25, -0.2) is 4.39 Å². The molecule has 1 unspecified atom stereocenters. The average Bonchev–Trinajstić information content (AvgIpc) is 2.50. The highest BCUT2D eigenvalue weighted by molar-refractivity contribution is 5.54. The van der Waals surface area contributed by atoms with E-state index in [2.05, 4.69) is 4.98 Å². The number of pyridine rings is 1. The number of benzene rings is 1. The molecular weight excluding hydrogens is 265 g/mol. The molecule has 0 radical (unpaired) electrons. The van der Waals surface area contributed by atoms with E-state index >= 15 is 0 Å². The summed E-state index contributed by atoms with van der Waals surface area (Å²) in [7, 11) is 1.96. The quantitative estimate of drug-likeness (QED) is 0.887. The number of halogens is 1. The summed E-state index contributed by atoms with van der Waals surface area (Å²) in [5, 5.41) is 0. The van der Waals surface area contributed by atoms with E-state index < -0.39 is 0 Å². The van der Waals surface area contributed by atoms with E-state index in [0.29, 0.717) is 18.5 Å². The van der Waals surface area contributed by atoms with Crippen LogP contribution in [0.15, 0.2) is 42.7 Å². The predicted molar refractivity (Wildman–Crippen MR) is 84.7 cm³/mol. The molecule has 0 aliphatic carbocycles. The van der Waals surface area contributed by atoms with Crippen LogP contribution in [0.25, 0.3) is 0 Å². The summed E-state index contributed by atoms with van der Waals surface area (Å²) in [6.07, 6.45) is 4.96. The van der Waals surface area contributed by atoms with Crippen molar-refractivity contribution in [3.05, 3.63) is 59.7 Å². The van der Waals surface area contributed by atoms with Gasteiger partial charge in [-0.1, -0.05) is 19.1 Å². The number of nitrogens with two attached hydrogens (primary N) is 1. The van der Waals surface area contributed by atoms with Crippen LogP contribution in [0.2, 0.25) is 0 Å². The molecule has 0 spiro atoms. The molecule has 112 valence electrons. The second-order valence-corrected chi connectivity index (χ2v) is 5.33. The number of rotatable bonds is 6. The fourth-order valence-electron chi connectivity index (χ4n) is 2.36. The maximum Gasteiger partial charge on any atom is 0.128 e. The van der Waals surface area contributed by atoms with Crippen molar-refractivity contribution in [2.24, 2.45) is 5.73 Å². The van der Waals surface area contributed by atoms with Crippen LogP contribution in [-0.2, 0) is 13.0 Å². The second kappa shape index (κ2) is 7.18. The van der Waals surface area contributed by atoms with Gasteiger partial charge in [0.05, 0.1) is 0 Å². The molecule has 0 saturated carbocycles. The average molecular weight is 287 g/mol. The van der Waals surface area contributed by atoms with Crippen LogP contribution in [0.4, 0.5) is 10.1 Å². The van der Waals surface area contributed by atoms with E-state index in [0.717, 1.165) is 17.7 Å². The Kier molecular flexibility index (Phi) is 5.28. The third-order valence-electron chi connectivity index (χ3n) is 3.64. The molecule has 0 saturated heterocycles. The normalized spacial score (nSPS) is 12.2. The largest absolute Gasteiger partial charge is 0.370 e. The number of hydrogen-bond donors (Lipinski definition) is 1. The SMILES string of the molecule is CCC(N)Cc1c(F)cccc1N(C)Cc1cccnc1. The van der Waals surface area contributed by atoms with Crippen LogP contribution in [0.3, 0.4) is 0 Å². The van der Waals surface area contributed by atoms with Gasteiger partial charge >= 0.3 is 0 Å². The summed E-state index contributed by atoms with van der Waals surface area (Å²) < 4.78 is 14.2. The third kappa shape index (κ3) is 4.02. The highest BCUT2D eigenvalue weighted by atomic mass is 19.1. The van der Waals surface area contributed by atoms with Crippen molar-refractivity contribution in [1.82, 2.24) is 4.98 Å². The minimum Gasteiger partial charge on any atom is -0.370 e. The van der Waals surface area contributed by atoms with E-state index in [9.17, 15) is 4.39 Å². The van der Waals surface area contributed by atoms with Crippen LogP contribution in [0, 0.1) is 5.82 Å². The molecule has 0 bridgehead atoms. The lowest BCUT2D eigenvalue weighted by molar-refractivity contribution is 0.578. The Bertz CT molecular complexity index is 572. The predicted octanol–water partition coefficient (Wildman–Crippen LogP) is 3.14. The van der Waals surface area contributed by atoms with Gasteiger partial charge in [-0.05, 0) is 36.6 Å². The molecule has 0 fully saturated rings. The standard InChI is InChI=1S/C17H22FN3/c1-3-14(19)10-15-16(18)7-4-8-17(15)21(2)12-13-6-5-9-20-11-13/h4-9,11,14H,3,10,12,19H2,1-2H3. The molecule has 21 heavy (non-hydrogen) atoms. The monoisotopic (exact) mass is 287 g/mol. The van der Waals surface area contributed by atoms with E-state index in [1.165, 1.54) is 6.07 Å². The van der Waals surface area contributed by atoms with Crippen molar-refractivity contribution in [2.75, 3.05) is 11.9 Å². The maximum atomic E-state index is 14.2. The molecule has 1 aromatic heterocycles. The van der Waals surface area contributed by atoms with Crippen LogP contribution in [0.1, 0.15) is 24.5 Å². The lowest BCUT2D eigenvalue weighted by Gasteiger charge is -2.24. The maximum absolute atomic E-state index is 14.2. The lowest BCUT2D eigenvalue weighted by Crippen LogP contribution is -2.25. The van der Waals surface area contributed by atoms with Gasteiger partial charge < -0.3 is 10.6 Å². The summed E-state index contributed by atoms with van der Waals surface area (Å²) in [5.41, 5.74) is 8.68. The Morgan fingerprint density at radius 1 is 1.29 bits per heavy atom. The first-order chi connectivity index (χ1) is 10.1. The van der Waals surface area contributed by atoms with Crippen LogP contribution in [0.5, 0.6) is 0 Å². The highest BCUT2D eigenvalue weighted by Gasteiger charge is 2.14. The van der Waals surface area contributed by atoms with E-state index in [4.69, 9.17) is 5.73 Å². The fraction of sp³-hybridized carbons (Fsp3) is 0.353. The van der Waals surface area contributed by atoms with Crippen LogP contribution in [-0.4, -0.2) is 18.1 Å². The smallest absolute Gasteiger partial charge is 0.128 e. The van der Waals surface area contributed by atoms with E-state index in [1.807, 2.05) is 43.3 Å². The Balaban J connectivity index is 2.24. The van der Waals surface area contributed by atoms with Crippen molar-refractivity contribution >= 4 is 5.69 Å². The molecule has 3 nitrogen and oxygen atoms in total. The molecule has 2 N–H and O–H groups in total. The first kappa shape index (κ1) is 15.4. The van der Waals surface area contributed by atoms with Gasteiger partial charge in [0.15, 0.2) is 0 Å². The summed E-state index contributed by atoms with van der Waals surface area (Å²) in [5.74, 6) is -0.186. The van der Waals surface area contributed by atoms with Gasteiger partial charge in [0, 0.05) is 43.3 Å². The van der Waals surface area contributed by atoms with Crippen LogP contribution < -0.4 is 10.6 Å². The van der Waals surface area contributed by atoms with Crippen molar-refractivity contribution in [1.29, 1.82) is 0 Å². The molecule has 1 aromatic carbocycles. The Morgan fingerprint density at radius 3 is 2.76 bits per heavy atom. The van der Waals surface area contributed by atoms with Crippen molar-refractivity contribution < 1.29 is 4.39 Å². The molecule has 1 heterocycles. The fourth-order valence-corrected chi connectivity index (χ4v) is 2.36. The van der Waals surface area contributed by atoms with Gasteiger partial charge in [0.25, 0.3) is 0 Å². The molecule has 0 aliphatic rings. The molecule has 1 atom stereocenters. The topological polar surface area (TPSA) is 42.1 Å².